The van der Waals surface area contributed by atoms with Gasteiger partial charge in [-0.2, -0.15) is 0 Å². The Bertz CT molecular complexity index is 324. The number of furan rings is 1. The molecule has 17 heavy (non-hydrogen) atoms. The predicted octanol–water partition coefficient (Wildman–Crippen LogP) is 2.42. The van der Waals surface area contributed by atoms with E-state index in [1.165, 1.54) is 31.4 Å². The monoisotopic (exact) mass is 234 g/mol. The van der Waals surface area contributed by atoms with Crippen LogP contribution in [-0.2, 0) is 0 Å². The molecule has 1 saturated heterocycles. The quantitative estimate of drug-likeness (QED) is 0.870. The van der Waals surface area contributed by atoms with Crippen LogP contribution in [0.5, 0.6) is 0 Å². The van der Waals surface area contributed by atoms with Crippen LogP contribution in [-0.4, -0.2) is 31.1 Å². The Morgan fingerprint density at radius 3 is 2.65 bits per heavy atom. The molecule has 1 aromatic heterocycles. The van der Waals surface area contributed by atoms with Gasteiger partial charge in [-0.3, -0.25) is 4.90 Å². The molecule has 1 atom stereocenters. The van der Waals surface area contributed by atoms with Crippen molar-refractivity contribution in [1.82, 2.24) is 10.2 Å². The predicted molar refractivity (Wildman–Crippen MR) is 67.8 cm³/mol. The zero-order valence-electron chi connectivity index (χ0n) is 10.4. The molecule has 2 heterocycles. The molecule has 2 fully saturated rings. The third-order valence-corrected chi connectivity index (χ3v) is 4.23. The minimum Gasteiger partial charge on any atom is -0.468 e. The molecule has 2 aliphatic rings. The zero-order valence-corrected chi connectivity index (χ0v) is 10.4. The number of nitrogens with one attached hydrogen (secondary N) is 1. The van der Waals surface area contributed by atoms with Crippen molar-refractivity contribution in [2.24, 2.45) is 5.92 Å². The Hall–Kier alpha value is -0.800. The fraction of sp³-hybridized carbons (Fsp3) is 0.714. The average Bonchev–Trinajstić information content (AvgIpc) is 3.04. The summed E-state index contributed by atoms with van der Waals surface area (Å²) in [7, 11) is 0. The fourth-order valence-corrected chi connectivity index (χ4v) is 3.40. The second-order valence-corrected chi connectivity index (χ2v) is 5.29. The molecule has 1 aliphatic carbocycles. The largest absolute Gasteiger partial charge is 0.468 e. The van der Waals surface area contributed by atoms with E-state index in [0.717, 1.165) is 32.1 Å². The summed E-state index contributed by atoms with van der Waals surface area (Å²) >= 11 is 0. The van der Waals surface area contributed by atoms with Crippen molar-refractivity contribution in [2.45, 2.75) is 31.7 Å². The van der Waals surface area contributed by atoms with Gasteiger partial charge >= 0.3 is 0 Å². The standard InChI is InChI=1S/C14H22N2O/c1-2-5-12(4-1)14(13-6-3-11-17-13)16-9-7-15-8-10-16/h3,6,11-12,14-15H,1-2,4-5,7-10H2/t14-/m1/s1. The van der Waals surface area contributed by atoms with Gasteiger partial charge in [0.25, 0.3) is 0 Å². The van der Waals surface area contributed by atoms with Crippen molar-refractivity contribution in [3.05, 3.63) is 24.2 Å². The molecule has 1 N–H and O–H groups in total. The SMILES string of the molecule is c1coc([C@@H](C2CCCC2)N2CCNCC2)c1. The summed E-state index contributed by atoms with van der Waals surface area (Å²) in [6.07, 6.45) is 7.35. The van der Waals surface area contributed by atoms with Crippen molar-refractivity contribution in [1.29, 1.82) is 0 Å². The van der Waals surface area contributed by atoms with Gasteiger partial charge in [-0.05, 0) is 30.9 Å². The molecule has 3 rings (SSSR count). The maximum atomic E-state index is 5.70. The van der Waals surface area contributed by atoms with Crippen LogP contribution in [0.1, 0.15) is 37.5 Å². The summed E-state index contributed by atoms with van der Waals surface area (Å²) in [4.78, 5) is 2.62. The van der Waals surface area contributed by atoms with E-state index in [9.17, 15) is 0 Å². The third-order valence-electron chi connectivity index (χ3n) is 4.23. The number of hydrogen-bond acceptors (Lipinski definition) is 3. The van der Waals surface area contributed by atoms with Crippen LogP contribution in [0.4, 0.5) is 0 Å². The van der Waals surface area contributed by atoms with Gasteiger partial charge in [-0.25, -0.2) is 0 Å². The van der Waals surface area contributed by atoms with Crippen LogP contribution in [0.25, 0.3) is 0 Å². The molecule has 0 amide bonds. The first-order chi connectivity index (χ1) is 8.45. The van der Waals surface area contributed by atoms with Crippen molar-refractivity contribution in [3.63, 3.8) is 0 Å². The van der Waals surface area contributed by atoms with Crippen LogP contribution in [0.15, 0.2) is 22.8 Å². The van der Waals surface area contributed by atoms with Crippen molar-refractivity contribution in [2.75, 3.05) is 26.2 Å². The summed E-state index contributed by atoms with van der Waals surface area (Å²) in [6.45, 7) is 4.54. The van der Waals surface area contributed by atoms with Gasteiger partial charge in [0.15, 0.2) is 0 Å². The van der Waals surface area contributed by atoms with E-state index in [1.54, 1.807) is 0 Å². The van der Waals surface area contributed by atoms with Gasteiger partial charge in [0, 0.05) is 26.2 Å². The van der Waals surface area contributed by atoms with Crippen LogP contribution >= 0.6 is 0 Å². The number of piperazine rings is 1. The average molecular weight is 234 g/mol. The molecule has 3 nitrogen and oxygen atoms in total. The molecule has 1 saturated carbocycles. The Morgan fingerprint density at radius 2 is 2.00 bits per heavy atom. The highest BCUT2D eigenvalue weighted by Crippen LogP contribution is 2.39. The van der Waals surface area contributed by atoms with Gasteiger partial charge in [-0.15, -0.1) is 0 Å². The highest BCUT2D eigenvalue weighted by molar-refractivity contribution is 5.07. The molecular formula is C14H22N2O. The maximum absolute atomic E-state index is 5.70. The smallest absolute Gasteiger partial charge is 0.121 e. The van der Waals surface area contributed by atoms with E-state index in [0.29, 0.717) is 6.04 Å². The van der Waals surface area contributed by atoms with Crippen molar-refractivity contribution in [3.8, 4) is 0 Å². The summed E-state index contributed by atoms with van der Waals surface area (Å²) in [5.74, 6) is 1.98. The molecule has 0 spiro atoms. The molecule has 1 aromatic rings. The normalized spacial score (nSPS) is 25.2. The Morgan fingerprint density at radius 1 is 1.24 bits per heavy atom. The summed E-state index contributed by atoms with van der Waals surface area (Å²) in [6, 6.07) is 4.71. The topological polar surface area (TPSA) is 28.4 Å². The molecule has 1 aliphatic heterocycles. The van der Waals surface area contributed by atoms with E-state index in [4.69, 9.17) is 4.42 Å². The van der Waals surface area contributed by atoms with Crippen LogP contribution in [0, 0.1) is 5.92 Å². The summed E-state index contributed by atoms with van der Waals surface area (Å²) in [5.41, 5.74) is 0. The Balaban J connectivity index is 1.79. The minimum absolute atomic E-state index is 0.523. The molecule has 94 valence electrons. The van der Waals surface area contributed by atoms with Gasteiger partial charge in [0.05, 0.1) is 12.3 Å². The van der Waals surface area contributed by atoms with Gasteiger partial charge in [0.1, 0.15) is 5.76 Å². The molecule has 0 aromatic carbocycles. The van der Waals surface area contributed by atoms with E-state index in [-0.39, 0.29) is 0 Å². The lowest BCUT2D eigenvalue weighted by atomic mass is 9.94. The van der Waals surface area contributed by atoms with Crippen molar-refractivity contribution >= 4 is 0 Å². The molecular weight excluding hydrogens is 212 g/mol. The van der Waals surface area contributed by atoms with Crippen LogP contribution < -0.4 is 5.32 Å². The fourth-order valence-electron chi connectivity index (χ4n) is 3.40. The van der Waals surface area contributed by atoms with Crippen molar-refractivity contribution < 1.29 is 4.42 Å². The van der Waals surface area contributed by atoms with Gasteiger partial charge in [0.2, 0.25) is 0 Å². The van der Waals surface area contributed by atoms with E-state index < -0.39 is 0 Å². The second-order valence-electron chi connectivity index (χ2n) is 5.29. The summed E-state index contributed by atoms with van der Waals surface area (Å²) in [5, 5.41) is 3.43. The molecule has 0 radical (unpaired) electrons. The second kappa shape index (κ2) is 5.23. The number of nitrogens with zero attached hydrogens (tertiary/aromatic N) is 1. The van der Waals surface area contributed by atoms with Crippen LogP contribution in [0.3, 0.4) is 0 Å². The number of hydrogen-bond donors (Lipinski definition) is 1. The van der Waals surface area contributed by atoms with E-state index in [1.807, 2.05) is 12.3 Å². The van der Waals surface area contributed by atoms with Crippen LogP contribution in [0.2, 0.25) is 0 Å². The Labute approximate surface area is 103 Å². The first-order valence-corrected chi connectivity index (χ1v) is 6.93. The Kier molecular flexibility index (Phi) is 3.48. The summed E-state index contributed by atoms with van der Waals surface area (Å²) < 4.78 is 5.70. The van der Waals surface area contributed by atoms with E-state index >= 15 is 0 Å². The third kappa shape index (κ3) is 2.40. The lowest BCUT2D eigenvalue weighted by molar-refractivity contribution is 0.107. The molecule has 0 unspecified atom stereocenters. The lowest BCUT2D eigenvalue weighted by Gasteiger charge is -2.37. The first kappa shape index (κ1) is 11.3. The first-order valence-electron chi connectivity index (χ1n) is 6.93. The lowest BCUT2D eigenvalue weighted by Crippen LogP contribution is -2.46. The zero-order chi connectivity index (χ0) is 11.5. The molecule has 3 heteroatoms. The highest BCUT2D eigenvalue weighted by atomic mass is 16.3. The highest BCUT2D eigenvalue weighted by Gasteiger charge is 2.33. The van der Waals surface area contributed by atoms with Gasteiger partial charge < -0.3 is 9.73 Å². The number of rotatable bonds is 3. The minimum atomic E-state index is 0.523. The maximum Gasteiger partial charge on any atom is 0.121 e. The van der Waals surface area contributed by atoms with E-state index in [2.05, 4.69) is 16.3 Å². The van der Waals surface area contributed by atoms with Gasteiger partial charge in [-0.1, -0.05) is 12.8 Å². The molecule has 0 bridgehead atoms.